The number of halogens is 1. The van der Waals surface area contributed by atoms with Gasteiger partial charge in [-0.2, -0.15) is 4.31 Å². The molecule has 1 atom stereocenters. The number of carbonyl (C=O) groups is 1. The van der Waals surface area contributed by atoms with Crippen LogP contribution in [0.1, 0.15) is 44.1 Å². The lowest BCUT2D eigenvalue weighted by atomic mass is 10.0. The Morgan fingerprint density at radius 3 is 2.48 bits per heavy atom. The van der Waals surface area contributed by atoms with E-state index in [0.29, 0.717) is 36.9 Å². The zero-order chi connectivity index (χ0) is 18.4. The van der Waals surface area contributed by atoms with E-state index in [1.807, 2.05) is 0 Å². The molecule has 2 saturated heterocycles. The Bertz CT molecular complexity index is 697. The van der Waals surface area contributed by atoms with E-state index in [0.717, 1.165) is 50.8 Å². The first-order valence-corrected chi connectivity index (χ1v) is 11.1. The molecule has 0 aliphatic carbocycles. The summed E-state index contributed by atoms with van der Waals surface area (Å²) in [6, 6.07) is 6.88. The van der Waals surface area contributed by atoms with E-state index in [2.05, 4.69) is 10.6 Å². The highest BCUT2D eigenvalue weighted by atomic mass is 35.5. The van der Waals surface area contributed by atoms with Crippen molar-refractivity contribution in [2.45, 2.75) is 50.0 Å². The van der Waals surface area contributed by atoms with Crippen molar-refractivity contribution in [3.63, 3.8) is 0 Å². The summed E-state index contributed by atoms with van der Waals surface area (Å²) in [7, 11) is -3.39. The molecule has 0 spiro atoms. The number of sulfonamides is 1. The van der Waals surface area contributed by atoms with Crippen LogP contribution in [0.25, 0.3) is 0 Å². The summed E-state index contributed by atoms with van der Waals surface area (Å²) in [6.45, 7) is 3.72. The monoisotopic (exact) mass is 415 g/mol. The zero-order valence-corrected chi connectivity index (χ0v) is 17.3. The average molecular weight is 416 g/mol. The molecule has 3 rings (SSSR count). The summed E-state index contributed by atoms with van der Waals surface area (Å²) in [5.74, 6) is 0.668. The molecule has 0 aromatic heterocycles. The predicted molar refractivity (Wildman–Crippen MR) is 108 cm³/mol. The SMILES string of the molecule is Cl.O=C(CCC1CCNC1)NCc1ccc(S(=O)(=O)N2CCCCC2)cc1. The maximum Gasteiger partial charge on any atom is 0.243 e. The van der Waals surface area contributed by atoms with Gasteiger partial charge in [0.15, 0.2) is 0 Å². The van der Waals surface area contributed by atoms with Crippen molar-refractivity contribution in [3.05, 3.63) is 29.8 Å². The number of piperidine rings is 1. The van der Waals surface area contributed by atoms with Crippen molar-refractivity contribution in [2.75, 3.05) is 26.2 Å². The first-order chi connectivity index (χ1) is 12.6. The van der Waals surface area contributed by atoms with E-state index in [4.69, 9.17) is 0 Å². The topological polar surface area (TPSA) is 78.5 Å². The standard InChI is InChI=1S/C19H29N3O3S.ClH/c23-19(9-6-17-10-11-20-14-17)21-15-16-4-7-18(8-5-16)26(24,25)22-12-2-1-3-13-22;/h4-5,7-8,17,20H,1-3,6,9-15H2,(H,21,23);1H. The number of nitrogens with zero attached hydrogens (tertiary/aromatic N) is 1. The molecule has 1 aromatic carbocycles. The van der Waals surface area contributed by atoms with Crippen molar-refractivity contribution in [2.24, 2.45) is 5.92 Å². The number of hydrogen-bond acceptors (Lipinski definition) is 4. The Morgan fingerprint density at radius 2 is 1.85 bits per heavy atom. The molecule has 2 fully saturated rings. The van der Waals surface area contributed by atoms with E-state index >= 15 is 0 Å². The highest BCUT2D eigenvalue weighted by Crippen LogP contribution is 2.21. The molecular weight excluding hydrogens is 386 g/mol. The molecule has 152 valence electrons. The van der Waals surface area contributed by atoms with Crippen molar-refractivity contribution >= 4 is 28.3 Å². The average Bonchev–Trinajstić information content (AvgIpc) is 3.19. The number of rotatable bonds is 7. The molecule has 0 radical (unpaired) electrons. The van der Waals surface area contributed by atoms with Crippen molar-refractivity contribution in [1.29, 1.82) is 0 Å². The van der Waals surface area contributed by atoms with Crippen LogP contribution in [0.3, 0.4) is 0 Å². The largest absolute Gasteiger partial charge is 0.352 e. The molecule has 0 bridgehead atoms. The van der Waals surface area contributed by atoms with Gasteiger partial charge in [-0.3, -0.25) is 4.79 Å². The second-order valence-electron chi connectivity index (χ2n) is 7.28. The van der Waals surface area contributed by atoms with Gasteiger partial charge in [-0.05, 0) is 62.4 Å². The van der Waals surface area contributed by atoms with Gasteiger partial charge in [0.05, 0.1) is 4.90 Å². The molecule has 27 heavy (non-hydrogen) atoms. The molecule has 1 amide bonds. The van der Waals surface area contributed by atoms with E-state index in [9.17, 15) is 13.2 Å². The van der Waals surface area contributed by atoms with Crippen LogP contribution in [-0.2, 0) is 21.4 Å². The van der Waals surface area contributed by atoms with Crippen molar-refractivity contribution in [3.8, 4) is 0 Å². The molecule has 6 nitrogen and oxygen atoms in total. The molecule has 2 N–H and O–H groups in total. The van der Waals surface area contributed by atoms with Crippen molar-refractivity contribution < 1.29 is 13.2 Å². The Kier molecular flexibility index (Phi) is 8.54. The third-order valence-electron chi connectivity index (χ3n) is 5.31. The maximum absolute atomic E-state index is 12.6. The fraction of sp³-hybridized carbons (Fsp3) is 0.632. The van der Waals surface area contributed by atoms with Crippen LogP contribution in [-0.4, -0.2) is 44.8 Å². The zero-order valence-electron chi connectivity index (χ0n) is 15.7. The third kappa shape index (κ3) is 6.17. The van der Waals surface area contributed by atoms with Gasteiger partial charge < -0.3 is 10.6 Å². The summed E-state index contributed by atoms with van der Waals surface area (Å²) < 4.78 is 26.8. The summed E-state index contributed by atoms with van der Waals surface area (Å²) in [4.78, 5) is 12.3. The van der Waals surface area contributed by atoms with Crippen LogP contribution < -0.4 is 10.6 Å². The van der Waals surface area contributed by atoms with Gasteiger partial charge in [-0.25, -0.2) is 8.42 Å². The van der Waals surface area contributed by atoms with Gasteiger partial charge >= 0.3 is 0 Å². The Labute approximate surface area is 168 Å². The number of carbonyl (C=O) groups excluding carboxylic acids is 1. The van der Waals surface area contributed by atoms with E-state index in [1.54, 1.807) is 28.6 Å². The molecular formula is C19H30ClN3O3S. The van der Waals surface area contributed by atoms with Gasteiger partial charge in [0, 0.05) is 26.1 Å². The summed E-state index contributed by atoms with van der Waals surface area (Å²) in [6.07, 6.45) is 5.59. The second kappa shape index (κ2) is 10.4. The van der Waals surface area contributed by atoms with E-state index < -0.39 is 10.0 Å². The predicted octanol–water partition coefficient (Wildman–Crippen LogP) is 2.29. The third-order valence-corrected chi connectivity index (χ3v) is 7.22. The molecule has 2 aliphatic heterocycles. The number of amides is 1. The van der Waals surface area contributed by atoms with Crippen LogP contribution in [0.5, 0.6) is 0 Å². The molecule has 0 saturated carbocycles. The van der Waals surface area contributed by atoms with Gasteiger partial charge in [0.1, 0.15) is 0 Å². The lowest BCUT2D eigenvalue weighted by Gasteiger charge is -2.25. The van der Waals surface area contributed by atoms with Crippen LogP contribution in [0, 0.1) is 5.92 Å². The number of hydrogen-bond donors (Lipinski definition) is 2. The minimum absolute atomic E-state index is 0. The van der Waals surface area contributed by atoms with Crippen LogP contribution >= 0.6 is 12.4 Å². The Balaban J connectivity index is 0.00000261. The number of nitrogens with one attached hydrogen (secondary N) is 2. The molecule has 2 aliphatic rings. The highest BCUT2D eigenvalue weighted by Gasteiger charge is 2.25. The molecule has 2 heterocycles. The molecule has 1 aromatic rings. The quantitative estimate of drug-likeness (QED) is 0.716. The normalized spacial score (nSPS) is 20.8. The van der Waals surface area contributed by atoms with Gasteiger partial charge in [-0.1, -0.05) is 18.6 Å². The summed E-state index contributed by atoms with van der Waals surface area (Å²) >= 11 is 0. The maximum atomic E-state index is 12.6. The fourth-order valence-electron chi connectivity index (χ4n) is 3.62. The fourth-order valence-corrected chi connectivity index (χ4v) is 5.14. The smallest absolute Gasteiger partial charge is 0.243 e. The minimum Gasteiger partial charge on any atom is -0.352 e. The van der Waals surface area contributed by atoms with Gasteiger partial charge in [0.25, 0.3) is 0 Å². The second-order valence-corrected chi connectivity index (χ2v) is 9.22. The molecule has 1 unspecified atom stereocenters. The first-order valence-electron chi connectivity index (χ1n) is 9.62. The summed E-state index contributed by atoms with van der Waals surface area (Å²) in [5, 5.41) is 6.24. The van der Waals surface area contributed by atoms with Gasteiger partial charge in [-0.15, -0.1) is 12.4 Å². The van der Waals surface area contributed by atoms with Crippen LogP contribution in [0.15, 0.2) is 29.2 Å². The molecule has 8 heteroatoms. The minimum atomic E-state index is -3.39. The Hall–Kier alpha value is -1.15. The van der Waals surface area contributed by atoms with Gasteiger partial charge in [0.2, 0.25) is 15.9 Å². The lowest BCUT2D eigenvalue weighted by molar-refractivity contribution is -0.121. The first kappa shape index (κ1) is 22.1. The van der Waals surface area contributed by atoms with E-state index in [1.165, 1.54) is 0 Å². The highest BCUT2D eigenvalue weighted by molar-refractivity contribution is 7.89. The number of benzene rings is 1. The van der Waals surface area contributed by atoms with Crippen LogP contribution in [0.2, 0.25) is 0 Å². The van der Waals surface area contributed by atoms with Crippen LogP contribution in [0.4, 0.5) is 0 Å². The lowest BCUT2D eigenvalue weighted by Crippen LogP contribution is -2.35. The van der Waals surface area contributed by atoms with Crippen molar-refractivity contribution in [1.82, 2.24) is 14.9 Å². The Morgan fingerprint density at radius 1 is 1.15 bits per heavy atom. The summed E-state index contributed by atoms with van der Waals surface area (Å²) in [5.41, 5.74) is 0.915. The van der Waals surface area contributed by atoms with E-state index in [-0.39, 0.29) is 18.3 Å².